The SMILES string of the molecule is Clc1ccccc1.Clc1ccccc1.Clc1ccccc1.Clc1ccccc1.FP1Oc2cccc3cccc(c23)O1.FP1Oc2cccc3cccc(c23)O1.FP1Oc2cccc3cccc(c23)O1.FP1Oc2cccc3cccc(c23)O1.[Pt]. The molecule has 0 saturated heterocycles. The van der Waals surface area contributed by atoms with Gasteiger partial charge in [0, 0.05) is 41.2 Å². The van der Waals surface area contributed by atoms with E-state index >= 15 is 0 Å². The monoisotopic (exact) mass is 1480 g/mol. The van der Waals surface area contributed by atoms with Crippen molar-refractivity contribution >= 4 is 124 Å². The number of rotatable bonds is 0. The minimum absolute atomic E-state index is 0. The molecule has 0 unspecified atom stereocenters. The Labute approximate surface area is 527 Å². The van der Waals surface area contributed by atoms with Crippen molar-refractivity contribution in [2.75, 3.05) is 0 Å². The van der Waals surface area contributed by atoms with Gasteiger partial charge in [-0.15, -0.1) is 16.8 Å². The van der Waals surface area contributed by atoms with Crippen molar-refractivity contribution in [1.82, 2.24) is 0 Å². The van der Waals surface area contributed by atoms with Crippen LogP contribution < -0.4 is 36.2 Å². The molecule has 4 heterocycles. The molecular weight excluding hydrogens is 1430 g/mol. The molecule has 0 amide bonds. The van der Waals surface area contributed by atoms with Gasteiger partial charge < -0.3 is 36.2 Å². The van der Waals surface area contributed by atoms with Crippen molar-refractivity contribution in [2.45, 2.75) is 0 Å². The summed E-state index contributed by atoms with van der Waals surface area (Å²) in [7, 11) is -9.22. The summed E-state index contributed by atoms with van der Waals surface area (Å²) < 4.78 is 91.9. The molecule has 4 aliphatic rings. The number of hydrogen-bond acceptors (Lipinski definition) is 8. The van der Waals surface area contributed by atoms with Crippen molar-refractivity contribution in [2.24, 2.45) is 0 Å². The van der Waals surface area contributed by atoms with Gasteiger partial charge in [-0.2, -0.15) is 0 Å². The van der Waals surface area contributed by atoms with E-state index in [1.165, 1.54) is 0 Å². The standard InChI is InChI=1S/4C10H6FO2P.4C6H5Cl.Pt/c4*11-14-12-8-5-1-3-7-4-2-6-9(13-14)10(7)8;4*7-6-4-2-1-3-5-6;/h4*1-6H;4*1-5H;. The van der Waals surface area contributed by atoms with E-state index in [-0.39, 0.29) is 21.1 Å². The zero-order valence-electron chi connectivity index (χ0n) is 43.8. The molecular formula is C64H44Cl4F4O8P4Pt. The molecule has 0 spiro atoms. The van der Waals surface area contributed by atoms with E-state index in [1.54, 1.807) is 48.5 Å². The van der Waals surface area contributed by atoms with Crippen molar-refractivity contribution in [3.8, 4) is 46.0 Å². The molecule has 0 atom stereocenters. The summed E-state index contributed by atoms with van der Waals surface area (Å²) in [6.45, 7) is 0. The zero-order chi connectivity index (χ0) is 58.6. The molecule has 0 radical (unpaired) electrons. The smallest absolute Gasteiger partial charge is 0.414 e. The average Bonchev–Trinajstić information content (AvgIpc) is 3.42. The molecule has 12 aromatic rings. The molecule has 4 aliphatic heterocycles. The van der Waals surface area contributed by atoms with Crippen LogP contribution in [-0.2, 0) is 21.1 Å². The quantitative estimate of drug-likeness (QED) is 0.110. The summed E-state index contributed by atoms with van der Waals surface area (Å²) in [4.78, 5) is 0. The third kappa shape index (κ3) is 18.7. The molecule has 0 aromatic heterocycles. The minimum Gasteiger partial charge on any atom is -0.414 e. The van der Waals surface area contributed by atoms with Gasteiger partial charge in [-0.05, 0) is 119 Å². The molecule has 0 fully saturated rings. The Balaban J connectivity index is 0.000000129. The number of benzene rings is 12. The number of hydrogen-bond donors (Lipinski definition) is 0. The van der Waals surface area contributed by atoms with Gasteiger partial charge in [0.1, 0.15) is 46.0 Å². The van der Waals surface area contributed by atoms with E-state index < -0.39 is 34.7 Å². The molecule has 0 aliphatic carbocycles. The van der Waals surface area contributed by atoms with E-state index in [0.29, 0.717) is 46.0 Å². The van der Waals surface area contributed by atoms with Gasteiger partial charge >= 0.3 is 34.7 Å². The Kier molecular flexibility index (Phi) is 24.8. The van der Waals surface area contributed by atoms with Crippen LogP contribution in [0.4, 0.5) is 16.8 Å². The molecule has 0 N–H and O–H groups in total. The fourth-order valence-electron chi connectivity index (χ4n) is 8.05. The first kappa shape index (κ1) is 64.4. The van der Waals surface area contributed by atoms with Crippen molar-refractivity contribution in [3.63, 3.8) is 0 Å². The van der Waals surface area contributed by atoms with E-state index in [9.17, 15) is 16.8 Å². The van der Waals surface area contributed by atoms with Crippen LogP contribution in [0, 0.1) is 0 Å². The molecule has 21 heteroatoms. The second kappa shape index (κ2) is 32.8. The largest absolute Gasteiger partial charge is 0.505 e. The topological polar surface area (TPSA) is 73.8 Å². The maximum absolute atomic E-state index is 13.0. The summed E-state index contributed by atoms with van der Waals surface area (Å²) in [5.74, 6) is 4.54. The molecule has 85 heavy (non-hydrogen) atoms. The fraction of sp³-hybridized carbons (Fsp3) is 0. The first-order valence-electron chi connectivity index (χ1n) is 25.1. The fourth-order valence-corrected chi connectivity index (χ4v) is 11.2. The van der Waals surface area contributed by atoms with Crippen LogP contribution in [0.1, 0.15) is 0 Å². The van der Waals surface area contributed by atoms with E-state index in [0.717, 1.165) is 63.2 Å². The van der Waals surface area contributed by atoms with Gasteiger partial charge in [0.15, 0.2) is 0 Å². The minimum atomic E-state index is -2.30. The van der Waals surface area contributed by atoms with E-state index in [4.69, 9.17) is 82.6 Å². The first-order chi connectivity index (χ1) is 40.9. The van der Waals surface area contributed by atoms with Gasteiger partial charge in [0.2, 0.25) is 0 Å². The summed E-state index contributed by atoms with van der Waals surface area (Å²) in [6, 6.07) is 82.1. The Bertz CT molecular complexity index is 3370. The van der Waals surface area contributed by atoms with E-state index in [1.807, 2.05) is 218 Å². The summed E-state index contributed by atoms with van der Waals surface area (Å²) in [5.41, 5.74) is 0. The molecule has 0 bridgehead atoms. The Morgan fingerprint density at radius 1 is 0.200 bits per heavy atom. The summed E-state index contributed by atoms with van der Waals surface area (Å²) >= 11 is 22.2. The first-order valence-corrected chi connectivity index (χ1v) is 30.9. The molecule has 434 valence electrons. The summed E-state index contributed by atoms with van der Waals surface area (Å²) in [6.07, 6.45) is 0. The van der Waals surface area contributed by atoms with Crippen LogP contribution in [0.15, 0.2) is 267 Å². The molecule has 0 saturated carbocycles. The average molecular weight is 1480 g/mol. The second-order valence-electron chi connectivity index (χ2n) is 17.2. The van der Waals surface area contributed by atoms with Crippen LogP contribution >= 0.6 is 81.1 Å². The van der Waals surface area contributed by atoms with Gasteiger partial charge in [-0.3, -0.25) is 0 Å². The van der Waals surface area contributed by atoms with Crippen molar-refractivity contribution in [3.05, 3.63) is 287 Å². The summed E-state index contributed by atoms with van der Waals surface area (Å²) in [5, 5.41) is 10.6. The molecule has 12 aromatic carbocycles. The van der Waals surface area contributed by atoms with Gasteiger partial charge in [0.05, 0.1) is 21.5 Å². The third-order valence-electron chi connectivity index (χ3n) is 11.6. The molecule has 8 nitrogen and oxygen atoms in total. The zero-order valence-corrected chi connectivity index (χ0v) is 52.7. The normalized spacial score (nSPS) is 12.7. The van der Waals surface area contributed by atoms with Crippen molar-refractivity contribution < 1.29 is 74.0 Å². The maximum atomic E-state index is 13.0. The van der Waals surface area contributed by atoms with Gasteiger partial charge in [0.25, 0.3) is 0 Å². The Morgan fingerprint density at radius 2 is 0.341 bits per heavy atom. The van der Waals surface area contributed by atoms with Crippen LogP contribution in [-0.4, -0.2) is 0 Å². The van der Waals surface area contributed by atoms with Gasteiger partial charge in [-0.25, -0.2) is 0 Å². The maximum Gasteiger partial charge on any atom is 0.505 e. The third-order valence-corrected chi connectivity index (χ3v) is 15.3. The predicted octanol–water partition coefficient (Wildman–Crippen LogP) is 24.6. The Hall–Kier alpha value is -6.63. The predicted molar refractivity (Wildman–Crippen MR) is 339 cm³/mol. The molecule has 16 rings (SSSR count). The Morgan fingerprint density at radius 3 is 0.459 bits per heavy atom. The van der Waals surface area contributed by atoms with E-state index in [2.05, 4.69) is 0 Å². The van der Waals surface area contributed by atoms with Crippen LogP contribution in [0.3, 0.4) is 0 Å². The van der Waals surface area contributed by atoms with Crippen LogP contribution in [0.2, 0.25) is 20.1 Å². The van der Waals surface area contributed by atoms with Crippen molar-refractivity contribution in [1.29, 1.82) is 0 Å². The van der Waals surface area contributed by atoms with Crippen LogP contribution in [0.5, 0.6) is 46.0 Å². The number of halogens is 8. The second-order valence-corrected chi connectivity index (χ2v) is 22.1. The van der Waals surface area contributed by atoms with Gasteiger partial charge in [-0.1, -0.05) is 216 Å². The van der Waals surface area contributed by atoms with Crippen LogP contribution in [0.25, 0.3) is 43.1 Å².